The predicted molar refractivity (Wildman–Crippen MR) is 88.7 cm³/mol. The number of fused-ring (bicyclic) bond motifs is 1. The number of amides is 1. The Balaban J connectivity index is 1.55. The van der Waals surface area contributed by atoms with Crippen LogP contribution in [0.3, 0.4) is 0 Å². The molecule has 1 spiro atoms. The molecule has 1 saturated heterocycles. The first kappa shape index (κ1) is 15.4. The second kappa shape index (κ2) is 5.77. The molecule has 0 radical (unpaired) electrons. The van der Waals surface area contributed by atoms with E-state index in [9.17, 15) is 9.59 Å². The number of Topliss-reactive ketones (excluding diaryl/α,β-unsaturated/α-hetero) is 1. The zero-order chi connectivity index (χ0) is 16.7. The summed E-state index contributed by atoms with van der Waals surface area (Å²) >= 11 is 0. The first-order valence-corrected chi connectivity index (χ1v) is 8.55. The molecule has 2 N–H and O–H groups in total. The molecular weight excluding hydrogens is 308 g/mol. The fraction of sp³-hybridized carbons (Fsp3) is 0.556. The Labute approximate surface area is 140 Å². The fourth-order valence-corrected chi connectivity index (χ4v) is 3.90. The van der Waals surface area contributed by atoms with Gasteiger partial charge in [-0.15, -0.1) is 0 Å². The lowest BCUT2D eigenvalue weighted by Crippen LogP contribution is -2.31. The van der Waals surface area contributed by atoms with Gasteiger partial charge in [0.25, 0.3) is 0 Å². The van der Waals surface area contributed by atoms with Gasteiger partial charge in [-0.25, -0.2) is 0 Å². The monoisotopic (exact) mass is 330 g/mol. The van der Waals surface area contributed by atoms with Gasteiger partial charge in [0.2, 0.25) is 5.91 Å². The number of hydrogen-bond donors (Lipinski definition) is 2. The maximum atomic E-state index is 12.7. The Bertz CT molecular complexity index is 695. The highest BCUT2D eigenvalue weighted by atomic mass is 16.6. The van der Waals surface area contributed by atoms with E-state index in [4.69, 9.17) is 9.47 Å². The largest absolute Gasteiger partial charge is 0.486 e. The van der Waals surface area contributed by atoms with Crippen LogP contribution in [0.25, 0.3) is 0 Å². The van der Waals surface area contributed by atoms with Crippen LogP contribution in [0.4, 0.5) is 5.69 Å². The van der Waals surface area contributed by atoms with Crippen LogP contribution < -0.4 is 20.1 Å². The molecule has 2 heterocycles. The summed E-state index contributed by atoms with van der Waals surface area (Å²) in [7, 11) is 0. The SMILES string of the molecule is CC(=O)c1cc2c(cc1NC(=O)C1CC13CCNCC3)OCCO2. The molecule has 1 saturated carbocycles. The highest BCUT2D eigenvalue weighted by molar-refractivity contribution is 6.05. The van der Waals surface area contributed by atoms with Crippen molar-refractivity contribution in [2.24, 2.45) is 11.3 Å². The van der Waals surface area contributed by atoms with Crippen molar-refractivity contribution in [3.8, 4) is 11.5 Å². The zero-order valence-electron chi connectivity index (χ0n) is 13.8. The van der Waals surface area contributed by atoms with Crippen molar-refractivity contribution in [2.45, 2.75) is 26.2 Å². The van der Waals surface area contributed by atoms with Crippen LogP contribution in [0.15, 0.2) is 12.1 Å². The van der Waals surface area contributed by atoms with Gasteiger partial charge >= 0.3 is 0 Å². The summed E-state index contributed by atoms with van der Waals surface area (Å²) in [6.45, 7) is 4.39. The summed E-state index contributed by atoms with van der Waals surface area (Å²) in [5, 5.41) is 6.30. The number of benzene rings is 1. The number of hydrogen-bond acceptors (Lipinski definition) is 5. The van der Waals surface area contributed by atoms with Crippen molar-refractivity contribution >= 4 is 17.4 Å². The normalized spacial score (nSPS) is 23.6. The number of carbonyl (C=O) groups is 2. The summed E-state index contributed by atoms with van der Waals surface area (Å²) in [5.74, 6) is 1.10. The summed E-state index contributed by atoms with van der Waals surface area (Å²) in [6.07, 6.45) is 3.04. The van der Waals surface area contributed by atoms with E-state index >= 15 is 0 Å². The molecule has 1 aliphatic carbocycles. The van der Waals surface area contributed by atoms with Gasteiger partial charge in [-0.2, -0.15) is 0 Å². The van der Waals surface area contributed by atoms with E-state index < -0.39 is 0 Å². The molecule has 0 aromatic heterocycles. The Kier molecular flexibility index (Phi) is 3.72. The summed E-state index contributed by atoms with van der Waals surface area (Å²) in [4.78, 5) is 24.6. The van der Waals surface area contributed by atoms with E-state index in [0.717, 1.165) is 32.4 Å². The van der Waals surface area contributed by atoms with E-state index in [1.54, 1.807) is 12.1 Å². The molecule has 1 atom stereocenters. The van der Waals surface area contributed by atoms with E-state index in [0.29, 0.717) is 36.0 Å². The molecule has 24 heavy (non-hydrogen) atoms. The molecule has 128 valence electrons. The standard InChI is InChI=1S/C18H22N2O4/c1-11(21)12-8-15-16(24-7-6-23-15)9-14(12)20-17(22)13-10-18(13)2-4-19-5-3-18/h8-9,13,19H,2-7,10H2,1H3,(H,20,22). The molecule has 1 aromatic rings. The number of ketones is 1. The van der Waals surface area contributed by atoms with Crippen molar-refractivity contribution in [1.82, 2.24) is 5.32 Å². The molecule has 6 nitrogen and oxygen atoms in total. The molecule has 1 aromatic carbocycles. The average molecular weight is 330 g/mol. The fourth-order valence-electron chi connectivity index (χ4n) is 3.90. The van der Waals surface area contributed by atoms with Crippen molar-refractivity contribution < 1.29 is 19.1 Å². The van der Waals surface area contributed by atoms with Crippen molar-refractivity contribution in [2.75, 3.05) is 31.6 Å². The first-order chi connectivity index (χ1) is 11.6. The maximum absolute atomic E-state index is 12.7. The van der Waals surface area contributed by atoms with E-state index in [1.807, 2.05) is 0 Å². The molecular formula is C18H22N2O4. The third kappa shape index (κ3) is 2.65. The van der Waals surface area contributed by atoms with Crippen LogP contribution in [0.5, 0.6) is 11.5 Å². The second-order valence-electron chi connectivity index (χ2n) is 6.96. The molecule has 2 fully saturated rings. The van der Waals surface area contributed by atoms with Crippen molar-refractivity contribution in [3.05, 3.63) is 17.7 Å². The third-order valence-electron chi connectivity index (χ3n) is 5.43. The van der Waals surface area contributed by atoms with Crippen molar-refractivity contribution in [1.29, 1.82) is 0 Å². The van der Waals surface area contributed by atoms with Crippen LogP contribution in [-0.2, 0) is 4.79 Å². The minimum Gasteiger partial charge on any atom is -0.486 e. The number of anilines is 1. The molecule has 2 aliphatic heterocycles. The van der Waals surface area contributed by atoms with Crippen LogP contribution in [0.1, 0.15) is 36.5 Å². The van der Waals surface area contributed by atoms with Gasteiger partial charge in [-0.05, 0) is 50.8 Å². The van der Waals surface area contributed by atoms with Gasteiger partial charge in [-0.1, -0.05) is 0 Å². The topological polar surface area (TPSA) is 76.7 Å². The van der Waals surface area contributed by atoms with Crippen LogP contribution >= 0.6 is 0 Å². The van der Waals surface area contributed by atoms with Gasteiger partial charge in [0.1, 0.15) is 13.2 Å². The Morgan fingerprint density at radius 3 is 2.50 bits per heavy atom. The predicted octanol–water partition coefficient (Wildman–Crippen LogP) is 1.99. The third-order valence-corrected chi connectivity index (χ3v) is 5.43. The Hall–Kier alpha value is -2.08. The molecule has 1 amide bonds. The van der Waals surface area contributed by atoms with Gasteiger partial charge in [0.15, 0.2) is 17.3 Å². The number of ether oxygens (including phenoxy) is 2. The highest BCUT2D eigenvalue weighted by Gasteiger charge is 2.57. The first-order valence-electron chi connectivity index (χ1n) is 8.55. The van der Waals surface area contributed by atoms with E-state index in [-0.39, 0.29) is 23.0 Å². The Morgan fingerprint density at radius 1 is 1.17 bits per heavy atom. The smallest absolute Gasteiger partial charge is 0.228 e. The summed E-state index contributed by atoms with van der Waals surface area (Å²) < 4.78 is 11.1. The van der Waals surface area contributed by atoms with Gasteiger partial charge < -0.3 is 20.1 Å². The van der Waals surface area contributed by atoms with E-state index in [1.165, 1.54) is 6.92 Å². The molecule has 3 aliphatic rings. The lowest BCUT2D eigenvalue weighted by molar-refractivity contribution is -0.118. The quantitative estimate of drug-likeness (QED) is 0.829. The summed E-state index contributed by atoms with van der Waals surface area (Å²) in [6, 6.07) is 3.38. The summed E-state index contributed by atoms with van der Waals surface area (Å²) in [5.41, 5.74) is 1.15. The molecule has 1 unspecified atom stereocenters. The average Bonchev–Trinajstić information content (AvgIpc) is 3.28. The molecule has 0 bridgehead atoms. The van der Waals surface area contributed by atoms with Gasteiger partial charge in [-0.3, -0.25) is 9.59 Å². The van der Waals surface area contributed by atoms with Crippen LogP contribution in [-0.4, -0.2) is 38.0 Å². The lowest BCUT2D eigenvalue weighted by atomic mass is 9.91. The van der Waals surface area contributed by atoms with Gasteiger partial charge in [0, 0.05) is 17.5 Å². The second-order valence-corrected chi connectivity index (χ2v) is 6.96. The van der Waals surface area contributed by atoms with Crippen LogP contribution in [0, 0.1) is 11.3 Å². The minimum absolute atomic E-state index is 0.0103. The van der Waals surface area contributed by atoms with E-state index in [2.05, 4.69) is 10.6 Å². The highest BCUT2D eigenvalue weighted by Crippen LogP contribution is 2.58. The number of nitrogens with one attached hydrogen (secondary N) is 2. The number of rotatable bonds is 3. The van der Waals surface area contributed by atoms with Gasteiger partial charge in [0.05, 0.1) is 5.69 Å². The lowest BCUT2D eigenvalue weighted by Gasteiger charge is -2.23. The zero-order valence-corrected chi connectivity index (χ0v) is 13.8. The van der Waals surface area contributed by atoms with Crippen LogP contribution in [0.2, 0.25) is 0 Å². The maximum Gasteiger partial charge on any atom is 0.228 e. The van der Waals surface area contributed by atoms with Crippen molar-refractivity contribution in [3.63, 3.8) is 0 Å². The number of piperidine rings is 1. The molecule has 6 heteroatoms. The minimum atomic E-state index is -0.102. The molecule has 4 rings (SSSR count). The number of carbonyl (C=O) groups excluding carboxylic acids is 2. The Morgan fingerprint density at radius 2 is 1.83 bits per heavy atom.